The van der Waals surface area contributed by atoms with E-state index in [-0.39, 0.29) is 24.8 Å². The Bertz CT molecular complexity index is 776. The molecular formula is C21H23N3O3. The Morgan fingerprint density at radius 3 is 1.96 bits per heavy atom. The molecule has 0 saturated heterocycles. The molecule has 6 heteroatoms. The molecule has 140 valence electrons. The molecule has 2 aromatic carbocycles. The highest BCUT2D eigenvalue weighted by Gasteiger charge is 2.04. The number of aliphatic hydroxyl groups excluding tert-OH is 1. The number of ether oxygens (including phenoxy) is 1. The van der Waals surface area contributed by atoms with E-state index in [4.69, 9.17) is 9.84 Å². The molecule has 1 amide bonds. The molecule has 27 heavy (non-hydrogen) atoms. The van der Waals surface area contributed by atoms with E-state index in [1.54, 1.807) is 0 Å². The fourth-order valence-electron chi connectivity index (χ4n) is 2.03. The SMILES string of the molecule is Cc1ccc(Oc2ccc(C)cc2)cc1.O=C(NCCO)c1cnccn1. The Labute approximate surface area is 158 Å². The monoisotopic (exact) mass is 365 g/mol. The third-order valence-electron chi connectivity index (χ3n) is 3.47. The van der Waals surface area contributed by atoms with Crippen LogP contribution in [0.4, 0.5) is 0 Å². The van der Waals surface area contributed by atoms with Crippen molar-refractivity contribution >= 4 is 5.91 Å². The van der Waals surface area contributed by atoms with Crippen LogP contribution < -0.4 is 10.1 Å². The molecule has 0 fully saturated rings. The second kappa shape index (κ2) is 10.7. The minimum atomic E-state index is -0.322. The summed E-state index contributed by atoms with van der Waals surface area (Å²) in [5.41, 5.74) is 2.74. The van der Waals surface area contributed by atoms with Crippen molar-refractivity contribution in [2.75, 3.05) is 13.2 Å². The van der Waals surface area contributed by atoms with Crippen molar-refractivity contribution in [3.05, 3.63) is 83.9 Å². The summed E-state index contributed by atoms with van der Waals surface area (Å²) in [6.07, 6.45) is 4.30. The minimum Gasteiger partial charge on any atom is -0.457 e. The Morgan fingerprint density at radius 1 is 0.963 bits per heavy atom. The zero-order valence-corrected chi connectivity index (χ0v) is 15.4. The van der Waals surface area contributed by atoms with E-state index < -0.39 is 0 Å². The summed E-state index contributed by atoms with van der Waals surface area (Å²) >= 11 is 0. The second-order valence-electron chi connectivity index (χ2n) is 5.80. The van der Waals surface area contributed by atoms with Crippen LogP contribution in [0.15, 0.2) is 67.1 Å². The molecular weight excluding hydrogens is 342 g/mol. The van der Waals surface area contributed by atoms with E-state index in [9.17, 15) is 4.79 Å². The highest BCUT2D eigenvalue weighted by Crippen LogP contribution is 2.21. The first-order valence-corrected chi connectivity index (χ1v) is 8.55. The first-order valence-electron chi connectivity index (χ1n) is 8.55. The quantitative estimate of drug-likeness (QED) is 0.725. The molecule has 3 rings (SSSR count). The molecule has 0 aliphatic carbocycles. The van der Waals surface area contributed by atoms with Crippen molar-refractivity contribution in [3.63, 3.8) is 0 Å². The maximum Gasteiger partial charge on any atom is 0.271 e. The molecule has 0 aliphatic rings. The number of hydrogen-bond acceptors (Lipinski definition) is 5. The molecule has 6 nitrogen and oxygen atoms in total. The lowest BCUT2D eigenvalue weighted by molar-refractivity contribution is 0.0939. The topological polar surface area (TPSA) is 84.3 Å². The van der Waals surface area contributed by atoms with Gasteiger partial charge in [-0.05, 0) is 38.1 Å². The summed E-state index contributed by atoms with van der Waals surface area (Å²) in [6, 6.07) is 16.1. The normalized spacial score (nSPS) is 9.74. The van der Waals surface area contributed by atoms with Crippen LogP contribution in [0.5, 0.6) is 11.5 Å². The fourth-order valence-corrected chi connectivity index (χ4v) is 2.03. The molecule has 3 aromatic rings. The number of aromatic nitrogens is 2. The van der Waals surface area contributed by atoms with Gasteiger partial charge in [0.15, 0.2) is 0 Å². The maximum absolute atomic E-state index is 11.1. The molecule has 0 saturated carbocycles. The standard InChI is InChI=1S/C14H14O.C7H9N3O2/c1-11-3-7-13(8-4-11)15-14-9-5-12(2)6-10-14;11-4-3-10-7(12)6-5-8-1-2-9-6/h3-10H,1-2H3;1-2,5,11H,3-4H2,(H,10,12). The van der Waals surface area contributed by atoms with Gasteiger partial charge in [0.2, 0.25) is 0 Å². The molecule has 0 bridgehead atoms. The predicted molar refractivity (Wildman–Crippen MR) is 104 cm³/mol. The van der Waals surface area contributed by atoms with Gasteiger partial charge >= 0.3 is 0 Å². The van der Waals surface area contributed by atoms with E-state index in [0.717, 1.165) is 11.5 Å². The van der Waals surface area contributed by atoms with E-state index >= 15 is 0 Å². The van der Waals surface area contributed by atoms with Gasteiger partial charge in [0.05, 0.1) is 12.8 Å². The first kappa shape index (κ1) is 20.1. The highest BCUT2D eigenvalue weighted by molar-refractivity contribution is 5.91. The number of rotatable bonds is 5. The minimum absolute atomic E-state index is 0.0774. The van der Waals surface area contributed by atoms with Crippen molar-refractivity contribution in [3.8, 4) is 11.5 Å². The molecule has 1 aromatic heterocycles. The van der Waals surface area contributed by atoms with Crippen molar-refractivity contribution in [1.82, 2.24) is 15.3 Å². The number of aryl methyl sites for hydroxylation is 2. The largest absolute Gasteiger partial charge is 0.457 e. The summed E-state index contributed by atoms with van der Waals surface area (Å²) in [7, 11) is 0. The van der Waals surface area contributed by atoms with E-state index in [1.165, 1.54) is 29.7 Å². The second-order valence-corrected chi connectivity index (χ2v) is 5.80. The van der Waals surface area contributed by atoms with E-state index in [0.29, 0.717) is 0 Å². The van der Waals surface area contributed by atoms with Crippen LogP contribution in [0.1, 0.15) is 21.6 Å². The molecule has 0 unspecified atom stereocenters. The highest BCUT2D eigenvalue weighted by atomic mass is 16.5. The zero-order chi connectivity index (χ0) is 19.5. The summed E-state index contributed by atoms with van der Waals surface area (Å²) in [6.45, 7) is 4.28. The van der Waals surface area contributed by atoms with Crippen molar-refractivity contribution in [2.45, 2.75) is 13.8 Å². The maximum atomic E-state index is 11.1. The molecule has 0 aliphatic heterocycles. The van der Waals surface area contributed by atoms with Gasteiger partial charge < -0.3 is 15.2 Å². The molecule has 2 N–H and O–H groups in total. The van der Waals surface area contributed by atoms with Gasteiger partial charge in [-0.2, -0.15) is 0 Å². The van der Waals surface area contributed by atoms with Gasteiger partial charge in [0, 0.05) is 18.9 Å². The van der Waals surface area contributed by atoms with Crippen molar-refractivity contribution in [2.24, 2.45) is 0 Å². The average molecular weight is 365 g/mol. The van der Waals surface area contributed by atoms with Crippen LogP contribution in [0.25, 0.3) is 0 Å². The van der Waals surface area contributed by atoms with Crippen LogP contribution in [0.2, 0.25) is 0 Å². The summed E-state index contributed by atoms with van der Waals surface area (Å²) in [5.74, 6) is 1.44. The number of aliphatic hydroxyl groups is 1. The number of nitrogens with zero attached hydrogens (tertiary/aromatic N) is 2. The van der Waals surface area contributed by atoms with Crippen LogP contribution in [0, 0.1) is 13.8 Å². The van der Waals surface area contributed by atoms with Crippen LogP contribution in [-0.2, 0) is 0 Å². The smallest absolute Gasteiger partial charge is 0.271 e. The number of amides is 1. The van der Waals surface area contributed by atoms with Crippen LogP contribution in [0.3, 0.4) is 0 Å². The number of hydrogen-bond donors (Lipinski definition) is 2. The Balaban J connectivity index is 0.000000199. The Kier molecular flexibility index (Phi) is 7.93. The zero-order valence-electron chi connectivity index (χ0n) is 15.4. The predicted octanol–water partition coefficient (Wildman–Crippen LogP) is 3.29. The molecule has 1 heterocycles. The molecule has 0 radical (unpaired) electrons. The van der Waals surface area contributed by atoms with E-state index in [1.807, 2.05) is 48.5 Å². The summed E-state index contributed by atoms with van der Waals surface area (Å²) < 4.78 is 5.69. The van der Waals surface area contributed by atoms with Gasteiger partial charge in [-0.15, -0.1) is 0 Å². The van der Waals surface area contributed by atoms with Crippen LogP contribution >= 0.6 is 0 Å². The van der Waals surface area contributed by atoms with Gasteiger partial charge in [-0.3, -0.25) is 9.78 Å². The average Bonchev–Trinajstić information content (AvgIpc) is 2.71. The van der Waals surface area contributed by atoms with E-state index in [2.05, 4.69) is 29.1 Å². The van der Waals surface area contributed by atoms with Gasteiger partial charge in [0.1, 0.15) is 17.2 Å². The third kappa shape index (κ3) is 7.25. The van der Waals surface area contributed by atoms with Crippen molar-refractivity contribution < 1.29 is 14.6 Å². The number of nitrogens with one attached hydrogen (secondary N) is 1. The lowest BCUT2D eigenvalue weighted by Gasteiger charge is -2.05. The third-order valence-corrected chi connectivity index (χ3v) is 3.47. The molecule has 0 atom stereocenters. The van der Waals surface area contributed by atoms with Gasteiger partial charge in [0.25, 0.3) is 5.91 Å². The van der Waals surface area contributed by atoms with Gasteiger partial charge in [-0.25, -0.2) is 4.98 Å². The Hall–Kier alpha value is -3.25. The first-order chi connectivity index (χ1) is 13.1. The molecule has 0 spiro atoms. The van der Waals surface area contributed by atoms with Crippen molar-refractivity contribution in [1.29, 1.82) is 0 Å². The summed E-state index contributed by atoms with van der Waals surface area (Å²) in [5, 5.41) is 10.9. The van der Waals surface area contributed by atoms with Crippen LogP contribution in [-0.4, -0.2) is 34.1 Å². The Morgan fingerprint density at radius 2 is 1.52 bits per heavy atom. The van der Waals surface area contributed by atoms with Gasteiger partial charge in [-0.1, -0.05) is 35.4 Å². The summed E-state index contributed by atoms with van der Waals surface area (Å²) in [4.78, 5) is 18.6. The number of benzene rings is 2. The fraction of sp³-hybridized carbons (Fsp3) is 0.190. The number of carbonyl (C=O) groups excluding carboxylic acids is 1. The number of carbonyl (C=O) groups is 1. The lowest BCUT2D eigenvalue weighted by Crippen LogP contribution is -2.27. The lowest BCUT2D eigenvalue weighted by atomic mass is 10.2.